The summed E-state index contributed by atoms with van der Waals surface area (Å²) in [6.45, 7) is 0.866. The first-order chi connectivity index (χ1) is 19.9. The molecule has 1 aromatic heterocycles. The molecule has 9 N–H and O–H groups in total. The molecule has 0 spiro atoms. The van der Waals surface area contributed by atoms with E-state index in [0.29, 0.717) is 0 Å². The predicted molar refractivity (Wildman–Crippen MR) is 139 cm³/mol. The van der Waals surface area contributed by atoms with E-state index in [9.17, 15) is 50.8 Å². The molecular weight excluding hydrogens is 564 g/mol. The molecule has 2 fully saturated rings. The van der Waals surface area contributed by atoms with Crippen LogP contribution in [0, 0.1) is 0 Å². The molecule has 0 unspecified atom stereocenters. The number of hydrogen-bond acceptors (Lipinski definition) is 15. The second kappa shape index (κ2) is 11.6. The Hall–Kier alpha value is -3.51. The Bertz CT molecular complexity index is 1470. The maximum atomic E-state index is 13.5. The number of ether oxygens (including phenoxy) is 4. The van der Waals surface area contributed by atoms with Crippen LogP contribution < -0.4 is 10.2 Å². The van der Waals surface area contributed by atoms with Gasteiger partial charge in [-0.2, -0.15) is 0 Å². The first-order valence-electron chi connectivity index (χ1n) is 12.9. The molecule has 15 heteroatoms. The summed E-state index contributed by atoms with van der Waals surface area (Å²) in [5, 5.41) is 91.4. The molecular formula is C27H30O15. The standard InChI is InChI=1S/C27H30O15/c1-9-17(31)20(34)22(36)26(39-9)38-8-15-18(32)21(35)23(37)27(41-15)42-25-19(33)16-13(30)6-12(29)7-14(16)40-24(25)10-2-4-11(28)5-3-10/h2-7,9,15,17-18,20-23,26-32,34-37H,8H2,1H3/t9-,15+,17-,18+,20+,21-,22+,23+,26-,27-/m1/s1. The van der Waals surface area contributed by atoms with Crippen LogP contribution in [-0.2, 0) is 14.2 Å². The molecule has 15 nitrogen and oxygen atoms in total. The lowest BCUT2D eigenvalue weighted by atomic mass is 9.98. The molecule has 3 aromatic rings. The Morgan fingerprint density at radius 1 is 0.762 bits per heavy atom. The molecule has 228 valence electrons. The first kappa shape index (κ1) is 30.0. The Kier molecular flexibility index (Phi) is 8.30. The number of aromatic hydroxyl groups is 3. The predicted octanol–water partition coefficient (Wildman–Crippen LogP) is -1.39. The van der Waals surface area contributed by atoms with Gasteiger partial charge in [0.1, 0.15) is 70.9 Å². The van der Waals surface area contributed by atoms with Gasteiger partial charge in [-0.3, -0.25) is 4.79 Å². The lowest BCUT2D eigenvalue weighted by Gasteiger charge is -2.42. The largest absolute Gasteiger partial charge is 0.508 e. The Morgan fingerprint density at radius 2 is 1.40 bits per heavy atom. The van der Waals surface area contributed by atoms with Crippen molar-refractivity contribution in [3.8, 4) is 34.3 Å². The average molecular weight is 595 g/mol. The quantitative estimate of drug-likeness (QED) is 0.159. The van der Waals surface area contributed by atoms with Gasteiger partial charge in [-0.25, -0.2) is 0 Å². The highest BCUT2D eigenvalue weighted by Gasteiger charge is 2.47. The highest BCUT2D eigenvalue weighted by molar-refractivity contribution is 5.88. The Morgan fingerprint density at radius 3 is 2.10 bits per heavy atom. The number of fused-ring (bicyclic) bond motifs is 1. The van der Waals surface area contributed by atoms with Crippen molar-refractivity contribution in [3.05, 3.63) is 46.6 Å². The van der Waals surface area contributed by atoms with Gasteiger partial charge in [0.2, 0.25) is 17.5 Å². The average Bonchev–Trinajstić information content (AvgIpc) is 2.95. The van der Waals surface area contributed by atoms with Crippen LogP contribution >= 0.6 is 0 Å². The van der Waals surface area contributed by atoms with Gasteiger partial charge in [-0.05, 0) is 31.2 Å². The van der Waals surface area contributed by atoms with Crippen molar-refractivity contribution in [3.63, 3.8) is 0 Å². The third-order valence-electron chi connectivity index (χ3n) is 7.18. The van der Waals surface area contributed by atoms with Gasteiger partial charge in [0.15, 0.2) is 12.1 Å². The smallest absolute Gasteiger partial charge is 0.239 e. The number of rotatable bonds is 6. The van der Waals surface area contributed by atoms with Crippen molar-refractivity contribution in [1.29, 1.82) is 0 Å². The van der Waals surface area contributed by atoms with Crippen LogP contribution in [0.4, 0.5) is 0 Å². The van der Waals surface area contributed by atoms with E-state index in [4.69, 9.17) is 23.4 Å². The fraction of sp³-hybridized carbons (Fsp3) is 0.444. The first-order valence-corrected chi connectivity index (χ1v) is 12.9. The van der Waals surface area contributed by atoms with Crippen molar-refractivity contribution >= 4 is 11.0 Å². The molecule has 0 amide bonds. The van der Waals surface area contributed by atoms with Crippen LogP contribution in [0.1, 0.15) is 6.92 Å². The van der Waals surface area contributed by atoms with Gasteiger partial charge >= 0.3 is 0 Å². The number of hydrogen-bond donors (Lipinski definition) is 9. The monoisotopic (exact) mass is 594 g/mol. The van der Waals surface area contributed by atoms with Gasteiger partial charge in [-0.15, -0.1) is 0 Å². The molecule has 0 radical (unpaired) electrons. The van der Waals surface area contributed by atoms with E-state index in [0.717, 1.165) is 12.1 Å². The number of aliphatic hydroxyl groups excluding tert-OH is 6. The highest BCUT2D eigenvalue weighted by Crippen LogP contribution is 2.37. The third kappa shape index (κ3) is 5.49. The van der Waals surface area contributed by atoms with Crippen LogP contribution in [0.3, 0.4) is 0 Å². The lowest BCUT2D eigenvalue weighted by molar-refractivity contribution is -0.318. The molecule has 2 aliphatic rings. The Labute approximate surface area is 236 Å². The number of phenols is 3. The fourth-order valence-corrected chi connectivity index (χ4v) is 4.79. The van der Waals surface area contributed by atoms with Crippen molar-refractivity contribution in [2.75, 3.05) is 6.61 Å². The zero-order valence-electron chi connectivity index (χ0n) is 21.9. The molecule has 10 atom stereocenters. The van der Waals surface area contributed by atoms with E-state index >= 15 is 0 Å². The highest BCUT2D eigenvalue weighted by atomic mass is 16.7. The third-order valence-corrected chi connectivity index (χ3v) is 7.18. The van der Waals surface area contributed by atoms with Crippen LogP contribution in [0.5, 0.6) is 23.0 Å². The van der Waals surface area contributed by atoms with Gasteiger partial charge < -0.3 is 69.3 Å². The molecule has 0 bridgehead atoms. The fourth-order valence-electron chi connectivity index (χ4n) is 4.79. The van der Waals surface area contributed by atoms with E-state index in [1.54, 1.807) is 0 Å². The van der Waals surface area contributed by atoms with Crippen molar-refractivity contribution in [2.24, 2.45) is 0 Å². The zero-order chi connectivity index (χ0) is 30.5. The second-order valence-corrected chi connectivity index (χ2v) is 10.1. The topological polar surface area (TPSA) is 249 Å². The summed E-state index contributed by atoms with van der Waals surface area (Å²) in [6.07, 6.45) is -15.8. The van der Waals surface area contributed by atoms with Gasteiger partial charge in [0.05, 0.1) is 12.7 Å². The molecule has 2 saturated heterocycles. The van der Waals surface area contributed by atoms with Crippen molar-refractivity contribution in [1.82, 2.24) is 0 Å². The van der Waals surface area contributed by atoms with E-state index in [1.165, 1.54) is 31.2 Å². The van der Waals surface area contributed by atoms with Crippen LogP contribution in [0.2, 0.25) is 0 Å². The summed E-state index contributed by atoms with van der Waals surface area (Å²) in [7, 11) is 0. The van der Waals surface area contributed by atoms with Gasteiger partial charge in [-0.1, -0.05) is 0 Å². The van der Waals surface area contributed by atoms with E-state index < -0.39 is 90.7 Å². The summed E-state index contributed by atoms with van der Waals surface area (Å²) in [5.41, 5.74) is -0.956. The lowest BCUT2D eigenvalue weighted by Crippen LogP contribution is -2.61. The van der Waals surface area contributed by atoms with E-state index in [2.05, 4.69) is 0 Å². The van der Waals surface area contributed by atoms with E-state index in [1.807, 2.05) is 0 Å². The van der Waals surface area contributed by atoms with Gasteiger partial charge in [0.25, 0.3) is 0 Å². The summed E-state index contributed by atoms with van der Waals surface area (Å²) >= 11 is 0. The van der Waals surface area contributed by atoms with Crippen LogP contribution in [0.15, 0.2) is 45.6 Å². The maximum Gasteiger partial charge on any atom is 0.239 e. The number of phenolic OH excluding ortho intramolecular Hbond substituents is 3. The molecule has 2 aromatic carbocycles. The molecule has 0 aliphatic carbocycles. The normalized spacial score (nSPS) is 33.5. The maximum absolute atomic E-state index is 13.5. The van der Waals surface area contributed by atoms with Crippen molar-refractivity contribution in [2.45, 2.75) is 68.3 Å². The molecule has 5 rings (SSSR count). The van der Waals surface area contributed by atoms with Crippen molar-refractivity contribution < 1.29 is 69.3 Å². The number of aliphatic hydroxyl groups is 6. The minimum absolute atomic E-state index is 0.103. The molecule has 2 aliphatic heterocycles. The summed E-state index contributed by atoms with van der Waals surface area (Å²) in [6, 6.07) is 7.33. The zero-order valence-corrected chi connectivity index (χ0v) is 21.9. The molecule has 42 heavy (non-hydrogen) atoms. The summed E-state index contributed by atoms with van der Waals surface area (Å²) < 4.78 is 28.0. The number of benzene rings is 2. The Balaban J connectivity index is 1.46. The molecule has 0 saturated carbocycles. The van der Waals surface area contributed by atoms with E-state index in [-0.39, 0.29) is 28.0 Å². The molecule has 3 heterocycles. The summed E-state index contributed by atoms with van der Waals surface area (Å²) in [4.78, 5) is 13.5. The van der Waals surface area contributed by atoms with Crippen LogP contribution in [0.25, 0.3) is 22.3 Å². The van der Waals surface area contributed by atoms with Crippen LogP contribution in [-0.4, -0.2) is 114 Å². The minimum Gasteiger partial charge on any atom is -0.508 e. The van der Waals surface area contributed by atoms with Gasteiger partial charge in [0, 0.05) is 17.7 Å². The SMILES string of the molecule is C[C@H]1O[C@@H](OC[C@@H]2O[C@H](Oc3c(-c4ccc(O)cc4)oc4cc(O)cc(O)c4c3=O)[C@@H](O)[C@H](O)[C@H]2O)[C@@H](O)[C@@H](O)[C@@H]1O. The second-order valence-electron chi connectivity index (χ2n) is 10.1. The minimum atomic E-state index is -1.92. The summed E-state index contributed by atoms with van der Waals surface area (Å²) in [5.74, 6) is -1.97.